The highest BCUT2D eigenvalue weighted by atomic mass is 79.9. The van der Waals surface area contributed by atoms with Crippen LogP contribution in [0.15, 0.2) is 223 Å². The van der Waals surface area contributed by atoms with Crippen LogP contribution in [0.5, 0.6) is 0 Å². The maximum Gasteiger partial charge on any atom is 0.0384 e. The fraction of sp³-hybridized carbons (Fsp3) is 0.0588. The van der Waals surface area contributed by atoms with Crippen LogP contribution in [0.3, 0.4) is 0 Å². The molecule has 0 bridgehead atoms. The average Bonchev–Trinajstić information content (AvgIpc) is 3.24. The first-order chi connectivity index (χ1) is 26.1. The zero-order chi connectivity index (χ0) is 37.1. The third-order valence-electron chi connectivity index (χ3n) is 8.24. The van der Waals surface area contributed by atoms with Crippen LogP contribution in [0, 0.1) is 0 Å². The molecule has 0 aromatic heterocycles. The normalized spacial score (nSPS) is 9.69. The van der Waals surface area contributed by atoms with Gasteiger partial charge in [-0.15, -0.1) is 0 Å². The van der Waals surface area contributed by atoms with Crippen LogP contribution in [0.25, 0.3) is 44.5 Å². The molecule has 0 saturated carbocycles. The summed E-state index contributed by atoms with van der Waals surface area (Å²) in [4.78, 5) is 0. The van der Waals surface area contributed by atoms with Crippen LogP contribution in [0.2, 0.25) is 0 Å². The first-order valence-electron chi connectivity index (χ1n) is 17.9. The summed E-state index contributed by atoms with van der Waals surface area (Å²) in [5, 5.41) is 3.46. The number of halogens is 1. The summed E-state index contributed by atoms with van der Waals surface area (Å²) in [7, 11) is 0. The highest BCUT2D eigenvalue weighted by Gasteiger charge is 2.01. The molecule has 0 unspecified atom stereocenters. The number of nitrogens with two attached hydrogens (primary N) is 1. The van der Waals surface area contributed by atoms with E-state index in [-0.39, 0.29) is 7.43 Å². The second-order valence-corrected chi connectivity index (χ2v) is 12.8. The fourth-order valence-corrected chi connectivity index (χ4v) is 5.76. The molecule has 0 saturated heterocycles. The first-order valence-corrected chi connectivity index (χ1v) is 18.7. The van der Waals surface area contributed by atoms with E-state index in [1.54, 1.807) is 0 Å². The zero-order valence-corrected chi connectivity index (χ0v) is 31.8. The van der Waals surface area contributed by atoms with Gasteiger partial charge in [0.15, 0.2) is 0 Å². The van der Waals surface area contributed by atoms with Crippen LogP contribution < -0.4 is 11.1 Å². The molecule has 3 N–H and O–H groups in total. The Hall–Kier alpha value is -6.16. The summed E-state index contributed by atoms with van der Waals surface area (Å²) < 4.78 is 1.12. The Morgan fingerprint density at radius 2 is 0.537 bits per heavy atom. The minimum Gasteiger partial charge on any atom is -0.399 e. The van der Waals surface area contributed by atoms with Crippen molar-refractivity contribution in [1.82, 2.24) is 0 Å². The highest BCUT2D eigenvalue weighted by molar-refractivity contribution is 9.10. The van der Waals surface area contributed by atoms with E-state index in [0.29, 0.717) is 0 Å². The van der Waals surface area contributed by atoms with Gasteiger partial charge >= 0.3 is 0 Å². The number of nitrogens with one attached hydrogen (secondary N) is 1. The molecule has 0 atom stereocenters. The monoisotopic (exact) mass is 768 g/mol. The van der Waals surface area contributed by atoms with E-state index >= 15 is 0 Å². The number of benzene rings is 8. The minimum absolute atomic E-state index is 0. The van der Waals surface area contributed by atoms with Crippen molar-refractivity contribution in [3.05, 3.63) is 223 Å². The molecule has 8 rings (SSSR count). The number of nitrogen functional groups attached to an aromatic ring is 1. The van der Waals surface area contributed by atoms with Crippen molar-refractivity contribution in [2.75, 3.05) is 11.1 Å². The van der Waals surface area contributed by atoms with Crippen LogP contribution in [0.4, 0.5) is 17.1 Å². The van der Waals surface area contributed by atoms with Crippen molar-refractivity contribution >= 4 is 33.0 Å². The molecule has 270 valence electrons. The van der Waals surface area contributed by atoms with Crippen LogP contribution in [-0.2, 0) is 0 Å². The van der Waals surface area contributed by atoms with Gasteiger partial charge in [-0.3, -0.25) is 0 Å². The van der Waals surface area contributed by atoms with Crippen molar-refractivity contribution in [3.63, 3.8) is 0 Å². The predicted molar refractivity (Wildman–Crippen MR) is 241 cm³/mol. The Kier molecular flexibility index (Phi) is 16.6. The lowest BCUT2D eigenvalue weighted by Crippen LogP contribution is -1.90. The van der Waals surface area contributed by atoms with E-state index in [1.165, 1.54) is 44.5 Å². The Morgan fingerprint density at radius 3 is 0.815 bits per heavy atom. The summed E-state index contributed by atoms with van der Waals surface area (Å²) in [6.45, 7) is 4.00. The Bertz CT molecular complexity index is 2010. The summed E-state index contributed by atoms with van der Waals surface area (Å²) >= 11 is 3.42. The Balaban J connectivity index is 0.000000190. The second kappa shape index (κ2) is 22.0. The molecule has 8 aromatic rings. The molecular weight excluding hydrogens is 720 g/mol. The molecule has 0 radical (unpaired) electrons. The van der Waals surface area contributed by atoms with E-state index in [1.807, 2.05) is 74.5 Å². The van der Waals surface area contributed by atoms with Gasteiger partial charge in [0.2, 0.25) is 0 Å². The van der Waals surface area contributed by atoms with Crippen molar-refractivity contribution < 1.29 is 0 Å². The van der Waals surface area contributed by atoms with Gasteiger partial charge in [0.05, 0.1) is 0 Å². The lowest BCUT2D eigenvalue weighted by Gasteiger charge is -2.09. The molecule has 0 heterocycles. The lowest BCUT2D eigenvalue weighted by molar-refractivity contribution is 1.50. The summed E-state index contributed by atoms with van der Waals surface area (Å²) in [6.07, 6.45) is 0. The zero-order valence-electron chi connectivity index (χ0n) is 30.2. The Labute approximate surface area is 331 Å². The average molecular weight is 770 g/mol. The number of hydrogen-bond donors (Lipinski definition) is 2. The van der Waals surface area contributed by atoms with E-state index in [4.69, 9.17) is 5.73 Å². The topological polar surface area (TPSA) is 38.0 Å². The van der Waals surface area contributed by atoms with Gasteiger partial charge in [-0.1, -0.05) is 207 Å². The number of rotatable bonds is 6. The van der Waals surface area contributed by atoms with Gasteiger partial charge in [0.1, 0.15) is 0 Å². The standard InChI is InChI=1S/C24H19N.C12H9Br.C12H11N.C2H6.CH4/c1-3-7-19(8-4-1)21-11-15-23(16-12-21)25-24-17-13-22(14-18-24)20-9-5-2-6-10-20;2*13-12-8-6-11(7-9-12)10-4-2-1-3-5-10;1-2;/h1-18,25H;1-9H;1-9H,13H2;1-2H3;1H4. The third kappa shape index (κ3) is 12.5. The van der Waals surface area contributed by atoms with Crippen molar-refractivity contribution in [3.8, 4) is 44.5 Å². The van der Waals surface area contributed by atoms with E-state index in [0.717, 1.165) is 21.5 Å². The summed E-state index contributed by atoms with van der Waals surface area (Å²) in [5.41, 5.74) is 18.5. The fourth-order valence-electron chi connectivity index (χ4n) is 5.50. The van der Waals surface area contributed by atoms with Crippen molar-refractivity contribution in [2.24, 2.45) is 0 Å². The van der Waals surface area contributed by atoms with E-state index < -0.39 is 0 Å². The first kappa shape index (κ1) is 40.6. The van der Waals surface area contributed by atoms with E-state index in [9.17, 15) is 0 Å². The molecule has 0 aliphatic rings. The minimum atomic E-state index is 0. The maximum atomic E-state index is 5.60. The molecular formula is C51H49BrN2. The summed E-state index contributed by atoms with van der Waals surface area (Å²) in [5.74, 6) is 0. The molecule has 0 aliphatic heterocycles. The SMILES string of the molecule is Brc1ccc(-c2ccccc2)cc1.C.CC.Nc1ccc(-c2ccccc2)cc1.c1ccc(-c2ccc(Nc3ccc(-c4ccccc4)cc3)cc2)cc1. The van der Waals surface area contributed by atoms with Gasteiger partial charge in [0, 0.05) is 21.5 Å². The van der Waals surface area contributed by atoms with Gasteiger partial charge in [-0.25, -0.2) is 0 Å². The van der Waals surface area contributed by atoms with E-state index in [2.05, 4.69) is 179 Å². The van der Waals surface area contributed by atoms with Crippen molar-refractivity contribution in [2.45, 2.75) is 21.3 Å². The molecule has 0 spiro atoms. The van der Waals surface area contributed by atoms with Gasteiger partial charge < -0.3 is 11.1 Å². The molecule has 54 heavy (non-hydrogen) atoms. The van der Waals surface area contributed by atoms with Crippen molar-refractivity contribution in [1.29, 1.82) is 0 Å². The van der Waals surface area contributed by atoms with Crippen LogP contribution in [-0.4, -0.2) is 0 Å². The molecule has 0 amide bonds. The number of anilines is 3. The predicted octanol–water partition coefficient (Wildman–Crippen LogP) is 15.5. The molecule has 2 nitrogen and oxygen atoms in total. The largest absolute Gasteiger partial charge is 0.399 e. The molecule has 0 fully saturated rings. The lowest BCUT2D eigenvalue weighted by atomic mass is 10.0. The second-order valence-electron chi connectivity index (χ2n) is 11.9. The third-order valence-corrected chi connectivity index (χ3v) is 8.77. The number of hydrogen-bond acceptors (Lipinski definition) is 2. The molecule has 8 aromatic carbocycles. The quantitative estimate of drug-likeness (QED) is 0.165. The molecule has 3 heteroatoms. The van der Waals surface area contributed by atoms with Gasteiger partial charge in [-0.2, -0.15) is 0 Å². The smallest absolute Gasteiger partial charge is 0.0384 e. The highest BCUT2D eigenvalue weighted by Crippen LogP contribution is 2.26. The summed E-state index contributed by atoms with van der Waals surface area (Å²) in [6, 6.07) is 74.8. The van der Waals surface area contributed by atoms with Crippen LogP contribution >= 0.6 is 15.9 Å². The Morgan fingerprint density at radius 1 is 0.315 bits per heavy atom. The van der Waals surface area contributed by atoms with Gasteiger partial charge in [-0.05, 0) is 93.0 Å². The maximum absolute atomic E-state index is 5.60. The van der Waals surface area contributed by atoms with Gasteiger partial charge in [0.25, 0.3) is 0 Å². The van der Waals surface area contributed by atoms with Crippen LogP contribution in [0.1, 0.15) is 21.3 Å². The molecule has 0 aliphatic carbocycles.